The normalized spacial score (nSPS) is 20.8. The first-order valence-corrected chi connectivity index (χ1v) is 9.15. The molecule has 26 heavy (non-hydrogen) atoms. The number of anilines is 2. The predicted molar refractivity (Wildman–Crippen MR) is 98.6 cm³/mol. The fourth-order valence-electron chi connectivity index (χ4n) is 3.37. The van der Waals surface area contributed by atoms with Crippen LogP contribution in [0.2, 0.25) is 0 Å². The number of pyridine rings is 1. The maximum Gasteiger partial charge on any atom is 0.277 e. The second-order valence-corrected chi connectivity index (χ2v) is 6.64. The summed E-state index contributed by atoms with van der Waals surface area (Å²) in [6.45, 7) is 5.14. The lowest BCUT2D eigenvalue weighted by molar-refractivity contribution is 0.102. The zero-order chi connectivity index (χ0) is 17.8. The van der Waals surface area contributed by atoms with E-state index in [-0.39, 0.29) is 5.91 Å². The van der Waals surface area contributed by atoms with Crippen molar-refractivity contribution < 1.29 is 9.53 Å². The standard InChI is InChI=1S/C18H24N6O2/c25-18(16-5-7-24(22-16)15-2-1-6-19-12-15)21-17-4-3-14(13-20-17)23-8-10-26-11-9-23/h3-5,7,13,15,19H,1-2,6,8-12H2,(H,20,21,25). The van der Waals surface area contributed by atoms with Gasteiger partial charge in [0.1, 0.15) is 5.82 Å². The van der Waals surface area contributed by atoms with Crippen LogP contribution in [0, 0.1) is 0 Å². The summed E-state index contributed by atoms with van der Waals surface area (Å²) in [6.07, 6.45) is 5.88. The van der Waals surface area contributed by atoms with Gasteiger partial charge in [-0.15, -0.1) is 0 Å². The van der Waals surface area contributed by atoms with Gasteiger partial charge in [0, 0.05) is 25.8 Å². The quantitative estimate of drug-likeness (QED) is 0.859. The van der Waals surface area contributed by atoms with Gasteiger partial charge in [-0.25, -0.2) is 4.98 Å². The van der Waals surface area contributed by atoms with Crippen molar-refractivity contribution in [3.63, 3.8) is 0 Å². The van der Waals surface area contributed by atoms with Crippen LogP contribution in [0.1, 0.15) is 29.4 Å². The molecular weight excluding hydrogens is 332 g/mol. The van der Waals surface area contributed by atoms with Gasteiger partial charge < -0.3 is 20.3 Å². The number of rotatable bonds is 4. The van der Waals surface area contributed by atoms with Crippen LogP contribution in [-0.4, -0.2) is 60.1 Å². The highest BCUT2D eigenvalue weighted by Crippen LogP contribution is 2.18. The Morgan fingerprint density at radius 2 is 2.15 bits per heavy atom. The lowest BCUT2D eigenvalue weighted by atomic mass is 10.1. The molecule has 1 atom stereocenters. The Labute approximate surface area is 152 Å². The molecule has 8 nitrogen and oxygen atoms in total. The molecular formula is C18H24N6O2. The van der Waals surface area contributed by atoms with E-state index in [1.54, 1.807) is 12.3 Å². The molecule has 0 saturated carbocycles. The van der Waals surface area contributed by atoms with Crippen LogP contribution < -0.4 is 15.5 Å². The molecule has 4 rings (SSSR count). The van der Waals surface area contributed by atoms with Crippen LogP contribution in [0.5, 0.6) is 0 Å². The van der Waals surface area contributed by atoms with E-state index in [9.17, 15) is 4.79 Å². The second-order valence-electron chi connectivity index (χ2n) is 6.64. The Kier molecular flexibility index (Phi) is 5.12. The molecule has 4 heterocycles. The number of carbonyl (C=O) groups is 1. The first-order valence-electron chi connectivity index (χ1n) is 9.15. The van der Waals surface area contributed by atoms with Crippen molar-refractivity contribution in [2.45, 2.75) is 18.9 Å². The summed E-state index contributed by atoms with van der Waals surface area (Å²) in [7, 11) is 0. The van der Waals surface area contributed by atoms with Crippen LogP contribution in [0.3, 0.4) is 0 Å². The molecule has 2 aromatic rings. The fourth-order valence-corrected chi connectivity index (χ4v) is 3.37. The zero-order valence-corrected chi connectivity index (χ0v) is 14.7. The monoisotopic (exact) mass is 356 g/mol. The molecule has 1 unspecified atom stereocenters. The number of hydrogen-bond acceptors (Lipinski definition) is 6. The van der Waals surface area contributed by atoms with E-state index in [1.807, 2.05) is 23.0 Å². The summed E-state index contributed by atoms with van der Waals surface area (Å²) >= 11 is 0. The van der Waals surface area contributed by atoms with Crippen LogP contribution in [-0.2, 0) is 4.74 Å². The van der Waals surface area contributed by atoms with Crippen molar-refractivity contribution in [1.29, 1.82) is 0 Å². The van der Waals surface area contributed by atoms with Gasteiger partial charge in [0.25, 0.3) is 5.91 Å². The molecule has 1 amide bonds. The molecule has 2 fully saturated rings. The third-order valence-electron chi connectivity index (χ3n) is 4.85. The molecule has 2 saturated heterocycles. The van der Waals surface area contributed by atoms with Gasteiger partial charge in [0.15, 0.2) is 5.69 Å². The van der Waals surface area contributed by atoms with Crippen LogP contribution in [0.25, 0.3) is 0 Å². The minimum absolute atomic E-state index is 0.237. The summed E-state index contributed by atoms with van der Waals surface area (Å²) in [4.78, 5) is 19.0. The van der Waals surface area contributed by atoms with Crippen molar-refractivity contribution in [2.24, 2.45) is 0 Å². The minimum atomic E-state index is -0.237. The van der Waals surface area contributed by atoms with E-state index in [4.69, 9.17) is 4.74 Å². The summed E-state index contributed by atoms with van der Waals surface area (Å²) in [5.74, 6) is 0.292. The smallest absolute Gasteiger partial charge is 0.277 e. The minimum Gasteiger partial charge on any atom is -0.378 e. The third-order valence-corrected chi connectivity index (χ3v) is 4.85. The molecule has 0 aliphatic carbocycles. The van der Waals surface area contributed by atoms with E-state index in [0.29, 0.717) is 17.6 Å². The summed E-state index contributed by atoms with van der Waals surface area (Å²) in [6, 6.07) is 5.87. The Balaban J connectivity index is 1.37. The predicted octanol–water partition coefficient (Wildman–Crippen LogP) is 1.29. The average Bonchev–Trinajstić information content (AvgIpc) is 3.20. The van der Waals surface area contributed by atoms with Crippen molar-refractivity contribution >= 4 is 17.4 Å². The molecule has 2 aromatic heterocycles. The van der Waals surface area contributed by atoms with Gasteiger partial charge in [-0.3, -0.25) is 9.48 Å². The molecule has 0 radical (unpaired) electrons. The van der Waals surface area contributed by atoms with E-state index >= 15 is 0 Å². The highest BCUT2D eigenvalue weighted by atomic mass is 16.5. The molecule has 2 aliphatic heterocycles. The number of nitrogens with one attached hydrogen (secondary N) is 2. The topological polar surface area (TPSA) is 84.3 Å². The van der Waals surface area contributed by atoms with Gasteiger partial charge in [0.2, 0.25) is 0 Å². The first-order chi connectivity index (χ1) is 12.8. The molecule has 2 N–H and O–H groups in total. The second kappa shape index (κ2) is 7.84. The van der Waals surface area contributed by atoms with Gasteiger partial charge in [-0.2, -0.15) is 5.10 Å². The molecule has 2 aliphatic rings. The van der Waals surface area contributed by atoms with Gasteiger partial charge in [0.05, 0.1) is 31.1 Å². The van der Waals surface area contributed by atoms with Crippen molar-refractivity contribution in [3.8, 4) is 0 Å². The molecule has 8 heteroatoms. The summed E-state index contributed by atoms with van der Waals surface area (Å²) < 4.78 is 7.25. The Hall–Kier alpha value is -2.45. The Bertz CT molecular complexity index is 732. The first kappa shape index (κ1) is 17.0. The SMILES string of the molecule is O=C(Nc1ccc(N2CCOCC2)cn1)c1ccn(C2CCCNC2)n1. The maximum atomic E-state index is 12.4. The van der Waals surface area contributed by atoms with Crippen molar-refractivity contribution in [3.05, 3.63) is 36.3 Å². The van der Waals surface area contributed by atoms with Crippen LogP contribution in [0.4, 0.5) is 11.5 Å². The fraction of sp³-hybridized carbons (Fsp3) is 0.500. The van der Waals surface area contributed by atoms with Crippen molar-refractivity contribution in [2.75, 3.05) is 49.6 Å². The number of ether oxygens (including phenoxy) is 1. The molecule has 0 bridgehead atoms. The Morgan fingerprint density at radius 3 is 2.88 bits per heavy atom. The lowest BCUT2D eigenvalue weighted by Gasteiger charge is -2.28. The Morgan fingerprint density at radius 1 is 1.27 bits per heavy atom. The number of nitrogens with zero attached hydrogens (tertiary/aromatic N) is 4. The maximum absolute atomic E-state index is 12.4. The lowest BCUT2D eigenvalue weighted by Crippen LogP contribution is -2.36. The zero-order valence-electron chi connectivity index (χ0n) is 14.7. The molecule has 0 spiro atoms. The average molecular weight is 356 g/mol. The molecule has 0 aromatic carbocycles. The summed E-state index contributed by atoms with van der Waals surface area (Å²) in [5, 5.41) is 10.6. The van der Waals surface area contributed by atoms with E-state index < -0.39 is 0 Å². The van der Waals surface area contributed by atoms with Gasteiger partial charge in [-0.1, -0.05) is 0 Å². The highest BCUT2D eigenvalue weighted by Gasteiger charge is 2.18. The highest BCUT2D eigenvalue weighted by molar-refractivity contribution is 6.02. The summed E-state index contributed by atoms with van der Waals surface area (Å²) in [5.41, 5.74) is 1.45. The number of piperidine rings is 1. The van der Waals surface area contributed by atoms with Gasteiger partial charge >= 0.3 is 0 Å². The number of morpholine rings is 1. The number of aromatic nitrogens is 3. The van der Waals surface area contributed by atoms with E-state index in [2.05, 4.69) is 25.6 Å². The van der Waals surface area contributed by atoms with E-state index in [0.717, 1.165) is 57.9 Å². The van der Waals surface area contributed by atoms with Gasteiger partial charge in [-0.05, 0) is 37.6 Å². The van der Waals surface area contributed by atoms with Crippen LogP contribution in [0.15, 0.2) is 30.6 Å². The van der Waals surface area contributed by atoms with Crippen LogP contribution >= 0.6 is 0 Å². The van der Waals surface area contributed by atoms with Crippen molar-refractivity contribution in [1.82, 2.24) is 20.1 Å². The number of hydrogen-bond donors (Lipinski definition) is 2. The van der Waals surface area contributed by atoms with E-state index in [1.165, 1.54) is 0 Å². The number of carbonyl (C=O) groups excluding carboxylic acids is 1. The number of amides is 1. The third kappa shape index (κ3) is 3.86. The largest absolute Gasteiger partial charge is 0.378 e. The molecule has 138 valence electrons.